The van der Waals surface area contributed by atoms with Crippen LogP contribution >= 0.6 is 0 Å². The van der Waals surface area contributed by atoms with Gasteiger partial charge in [0.15, 0.2) is 17.2 Å². The Balaban J connectivity index is 1.75. The van der Waals surface area contributed by atoms with E-state index in [9.17, 15) is 4.79 Å². The van der Waals surface area contributed by atoms with Crippen LogP contribution < -0.4 is 10.5 Å². The van der Waals surface area contributed by atoms with Gasteiger partial charge in [0.1, 0.15) is 11.4 Å². The Morgan fingerprint density at radius 1 is 1.06 bits per heavy atom. The van der Waals surface area contributed by atoms with Crippen LogP contribution in [0.4, 0.5) is 0 Å². The molecule has 2 aromatic carbocycles. The molecule has 5 rings (SSSR count). The number of ether oxygens (including phenoxy) is 1. The number of carbonyl (C=O) groups is 1. The maximum Gasteiger partial charge on any atom is 0.197 e. The van der Waals surface area contributed by atoms with Crippen LogP contribution in [-0.4, -0.2) is 27.5 Å². The van der Waals surface area contributed by atoms with Gasteiger partial charge in [0.2, 0.25) is 0 Å². The molecule has 0 aliphatic heterocycles. The lowest BCUT2D eigenvalue weighted by molar-refractivity contribution is 0.101. The number of nitrogens with zero attached hydrogens (tertiary/aromatic N) is 3. The summed E-state index contributed by atoms with van der Waals surface area (Å²) in [6.45, 7) is 1.50. The number of hydrogen-bond acceptors (Lipinski definition) is 5. The second-order valence-corrected chi connectivity index (χ2v) is 8.15. The van der Waals surface area contributed by atoms with Gasteiger partial charge in [-0.2, -0.15) is 5.10 Å². The molecule has 0 atom stereocenters. The molecule has 31 heavy (non-hydrogen) atoms. The summed E-state index contributed by atoms with van der Waals surface area (Å²) in [4.78, 5) is 17.0. The molecule has 2 aromatic heterocycles. The Kier molecular flexibility index (Phi) is 4.59. The number of Topliss-reactive ketones (excluding diaryl/α,β-unsaturated/α-hetero) is 1. The third-order valence-electron chi connectivity index (χ3n) is 6.16. The Labute approximate surface area is 180 Å². The van der Waals surface area contributed by atoms with Gasteiger partial charge in [-0.25, -0.2) is 9.50 Å². The van der Waals surface area contributed by atoms with Gasteiger partial charge in [-0.1, -0.05) is 54.6 Å². The fourth-order valence-corrected chi connectivity index (χ4v) is 4.18. The lowest BCUT2D eigenvalue weighted by atomic mass is 9.72. The zero-order valence-corrected chi connectivity index (χ0v) is 17.6. The van der Waals surface area contributed by atoms with Crippen LogP contribution in [0.2, 0.25) is 0 Å². The molecule has 1 saturated carbocycles. The van der Waals surface area contributed by atoms with Crippen molar-refractivity contribution >= 4 is 11.4 Å². The fraction of sp³-hybridized carbons (Fsp3) is 0.240. The van der Waals surface area contributed by atoms with Crippen molar-refractivity contribution in [2.24, 2.45) is 5.73 Å². The molecule has 6 nitrogen and oxygen atoms in total. The number of hydrogen-bond donors (Lipinski definition) is 1. The third-order valence-corrected chi connectivity index (χ3v) is 6.16. The molecular formula is C25H24N4O2. The van der Waals surface area contributed by atoms with Crippen molar-refractivity contribution in [3.8, 4) is 28.3 Å². The van der Waals surface area contributed by atoms with E-state index in [0.29, 0.717) is 17.1 Å². The second kappa shape index (κ2) is 7.32. The lowest BCUT2D eigenvalue weighted by Gasteiger charge is -2.38. The quantitative estimate of drug-likeness (QED) is 0.484. The number of imidazole rings is 1. The molecule has 156 valence electrons. The van der Waals surface area contributed by atoms with Gasteiger partial charge >= 0.3 is 0 Å². The summed E-state index contributed by atoms with van der Waals surface area (Å²) in [5.41, 5.74) is 11.9. The fourth-order valence-electron chi connectivity index (χ4n) is 4.18. The summed E-state index contributed by atoms with van der Waals surface area (Å²) in [7, 11) is 1.57. The first-order chi connectivity index (χ1) is 15.0. The predicted octanol–water partition coefficient (Wildman–Crippen LogP) is 4.61. The minimum atomic E-state index is -0.207. The summed E-state index contributed by atoms with van der Waals surface area (Å²) < 4.78 is 7.27. The number of ketones is 1. The van der Waals surface area contributed by atoms with E-state index in [1.807, 2.05) is 30.3 Å². The van der Waals surface area contributed by atoms with E-state index < -0.39 is 0 Å². The van der Waals surface area contributed by atoms with Crippen molar-refractivity contribution in [1.82, 2.24) is 14.6 Å². The van der Waals surface area contributed by atoms with Crippen LogP contribution in [0.25, 0.3) is 28.2 Å². The zero-order chi connectivity index (χ0) is 21.6. The molecule has 2 N–H and O–H groups in total. The van der Waals surface area contributed by atoms with Gasteiger partial charge in [0.05, 0.1) is 12.8 Å². The van der Waals surface area contributed by atoms with Gasteiger partial charge < -0.3 is 10.5 Å². The Bertz CT molecular complexity index is 1270. The average molecular weight is 412 g/mol. The highest BCUT2D eigenvalue weighted by Gasteiger charge is 2.34. The number of carbonyl (C=O) groups excluding carboxylic acids is 1. The van der Waals surface area contributed by atoms with Crippen molar-refractivity contribution in [2.45, 2.75) is 31.7 Å². The molecule has 1 aliphatic carbocycles. The molecule has 0 radical (unpaired) electrons. The molecule has 4 aromatic rings. The number of methoxy groups -OCH3 is 1. The summed E-state index contributed by atoms with van der Waals surface area (Å²) in [6, 6.07) is 19.9. The monoisotopic (exact) mass is 412 g/mol. The second-order valence-electron chi connectivity index (χ2n) is 8.15. The van der Waals surface area contributed by atoms with Gasteiger partial charge in [0, 0.05) is 29.7 Å². The van der Waals surface area contributed by atoms with Crippen LogP contribution in [0.5, 0.6) is 5.75 Å². The number of nitrogens with two attached hydrogens (primary N) is 1. The molecule has 0 amide bonds. The van der Waals surface area contributed by atoms with E-state index in [2.05, 4.69) is 29.4 Å². The number of rotatable bonds is 5. The Morgan fingerprint density at radius 2 is 1.77 bits per heavy atom. The highest BCUT2D eigenvalue weighted by atomic mass is 16.5. The molecule has 0 unspecified atom stereocenters. The highest BCUT2D eigenvalue weighted by Crippen LogP contribution is 2.40. The van der Waals surface area contributed by atoms with Gasteiger partial charge in [-0.05, 0) is 24.8 Å². The van der Waals surface area contributed by atoms with Crippen LogP contribution in [-0.2, 0) is 5.54 Å². The van der Waals surface area contributed by atoms with Gasteiger partial charge in [-0.3, -0.25) is 4.79 Å². The van der Waals surface area contributed by atoms with E-state index in [1.54, 1.807) is 17.7 Å². The molecule has 6 heteroatoms. The smallest absolute Gasteiger partial charge is 0.197 e. The van der Waals surface area contributed by atoms with Gasteiger partial charge in [-0.15, -0.1) is 0 Å². The SMILES string of the molecule is COc1cc(C(C)=O)nn2c(-c3ccccc3)c(-c3ccc(C4(N)CCC4)cc3)nc12. The lowest BCUT2D eigenvalue weighted by Crippen LogP contribution is -2.43. The molecule has 0 spiro atoms. The first kappa shape index (κ1) is 19.5. The maximum absolute atomic E-state index is 12.1. The average Bonchev–Trinajstić information content (AvgIpc) is 3.17. The molecule has 1 fully saturated rings. The van der Waals surface area contributed by atoms with Crippen molar-refractivity contribution in [1.29, 1.82) is 0 Å². The first-order valence-electron chi connectivity index (χ1n) is 10.4. The topological polar surface area (TPSA) is 82.5 Å². The normalized spacial score (nSPS) is 14.9. The summed E-state index contributed by atoms with van der Waals surface area (Å²) in [6.07, 6.45) is 3.21. The zero-order valence-electron chi connectivity index (χ0n) is 17.6. The van der Waals surface area contributed by atoms with Crippen LogP contribution in [0.3, 0.4) is 0 Å². The predicted molar refractivity (Wildman–Crippen MR) is 120 cm³/mol. The van der Waals surface area contributed by atoms with Crippen LogP contribution in [0, 0.1) is 0 Å². The van der Waals surface area contributed by atoms with E-state index in [1.165, 1.54) is 13.3 Å². The number of fused-ring (bicyclic) bond motifs is 1. The largest absolute Gasteiger partial charge is 0.493 e. The molecule has 2 heterocycles. The van der Waals surface area contributed by atoms with E-state index in [-0.39, 0.29) is 11.3 Å². The van der Waals surface area contributed by atoms with Crippen molar-refractivity contribution in [2.75, 3.05) is 7.11 Å². The highest BCUT2D eigenvalue weighted by molar-refractivity contribution is 5.93. The summed E-state index contributed by atoms with van der Waals surface area (Å²) in [5.74, 6) is 0.378. The third kappa shape index (κ3) is 3.20. The van der Waals surface area contributed by atoms with E-state index in [0.717, 1.165) is 40.9 Å². The van der Waals surface area contributed by atoms with Crippen molar-refractivity contribution < 1.29 is 9.53 Å². The molecular weight excluding hydrogens is 388 g/mol. The minimum absolute atomic E-state index is 0.132. The minimum Gasteiger partial charge on any atom is -0.493 e. The van der Waals surface area contributed by atoms with E-state index >= 15 is 0 Å². The molecule has 0 saturated heterocycles. The standard InChI is InChI=1S/C25H24N4O2/c1-16(30)20-15-21(31-2)24-27-22(23(29(24)28-20)18-7-4-3-5-8-18)17-9-11-19(12-10-17)25(26)13-6-14-25/h3-5,7-12,15H,6,13-14,26H2,1-2H3. The number of aromatic nitrogens is 3. The van der Waals surface area contributed by atoms with Crippen molar-refractivity contribution in [3.05, 3.63) is 71.9 Å². The van der Waals surface area contributed by atoms with Crippen LogP contribution in [0.1, 0.15) is 42.2 Å². The molecule has 1 aliphatic rings. The number of benzene rings is 2. The first-order valence-corrected chi connectivity index (χ1v) is 10.4. The van der Waals surface area contributed by atoms with E-state index in [4.69, 9.17) is 15.5 Å². The Morgan fingerprint density at radius 3 is 2.35 bits per heavy atom. The Hall–Kier alpha value is -3.51. The summed E-state index contributed by atoms with van der Waals surface area (Å²) >= 11 is 0. The van der Waals surface area contributed by atoms with Crippen LogP contribution in [0.15, 0.2) is 60.7 Å². The maximum atomic E-state index is 12.1. The van der Waals surface area contributed by atoms with Crippen molar-refractivity contribution in [3.63, 3.8) is 0 Å². The van der Waals surface area contributed by atoms with Gasteiger partial charge in [0.25, 0.3) is 0 Å². The summed E-state index contributed by atoms with van der Waals surface area (Å²) in [5, 5.41) is 4.59. The molecule has 0 bridgehead atoms.